The predicted octanol–water partition coefficient (Wildman–Crippen LogP) is 3.12. The molecule has 2 heterocycles. The normalized spacial score (nSPS) is 26.2. The molecule has 7 nitrogen and oxygen atoms in total. The molecular formula is C26H27N3O4. The number of rotatable bonds is 7. The highest BCUT2D eigenvalue weighted by Gasteiger charge is 2.61. The predicted molar refractivity (Wildman–Crippen MR) is 126 cm³/mol. The maximum Gasteiger partial charge on any atom is 0.332 e. The van der Waals surface area contributed by atoms with Gasteiger partial charge in [-0.25, -0.2) is 9.78 Å². The third-order valence-electron chi connectivity index (χ3n) is 6.54. The molecule has 7 heteroatoms. The summed E-state index contributed by atoms with van der Waals surface area (Å²) in [5, 5.41) is 9.24. The molecule has 0 radical (unpaired) electrons. The summed E-state index contributed by atoms with van der Waals surface area (Å²) < 4.78 is 11.5. The lowest BCUT2D eigenvalue weighted by molar-refractivity contribution is -0.149. The molecule has 3 aromatic rings. The fraction of sp³-hybridized carbons (Fsp3) is 0.346. The highest BCUT2D eigenvalue weighted by atomic mass is 16.5. The van der Waals surface area contributed by atoms with Gasteiger partial charge in [0.05, 0.1) is 18.2 Å². The molecule has 2 aromatic carbocycles. The zero-order valence-corrected chi connectivity index (χ0v) is 18.5. The topological polar surface area (TPSA) is 89.5 Å². The number of pyridine rings is 1. The lowest BCUT2D eigenvalue weighted by atomic mass is 10.1. The maximum atomic E-state index is 13.0. The molecular weight excluding hydrogens is 418 g/mol. The summed E-state index contributed by atoms with van der Waals surface area (Å²) in [6, 6.07) is 15.6. The van der Waals surface area contributed by atoms with E-state index in [-0.39, 0.29) is 24.5 Å². The van der Waals surface area contributed by atoms with E-state index in [9.17, 15) is 9.59 Å². The van der Waals surface area contributed by atoms with Crippen LogP contribution in [0.2, 0.25) is 0 Å². The quantitative estimate of drug-likeness (QED) is 0.330. The first kappa shape index (κ1) is 21.4. The van der Waals surface area contributed by atoms with E-state index in [1.165, 1.54) is 0 Å². The number of hydrogen-bond donors (Lipinski definition) is 2. The second kappa shape index (κ2) is 8.48. The Morgan fingerprint density at radius 1 is 1.18 bits per heavy atom. The third kappa shape index (κ3) is 3.82. The van der Waals surface area contributed by atoms with E-state index in [2.05, 4.69) is 29.3 Å². The van der Waals surface area contributed by atoms with Crippen LogP contribution in [-0.4, -0.2) is 47.7 Å². The highest BCUT2D eigenvalue weighted by molar-refractivity contribution is 6.07. The lowest BCUT2D eigenvalue weighted by Gasteiger charge is -2.20. The van der Waals surface area contributed by atoms with Crippen LogP contribution in [0, 0.1) is 5.92 Å². The summed E-state index contributed by atoms with van der Waals surface area (Å²) in [6.45, 7) is 6.30. The van der Waals surface area contributed by atoms with Gasteiger partial charge in [0.1, 0.15) is 11.6 Å². The highest BCUT2D eigenvalue weighted by Crippen LogP contribution is 2.45. The number of aromatic nitrogens is 1. The fourth-order valence-corrected chi connectivity index (χ4v) is 4.68. The smallest absolute Gasteiger partial charge is 0.332 e. The molecule has 2 N–H and O–H groups in total. The Bertz CT molecular complexity index is 1240. The van der Waals surface area contributed by atoms with Gasteiger partial charge in [-0.3, -0.25) is 4.79 Å². The standard InChI is InChI=1S/C26H27N3O4/c1-3-16-14-26(16,25(31)32-4-2)29-23(30)22-13-17(15-27-22)33-24-20-11-6-5-9-18(20)19-10-7-8-12-21(19)28-24/h3,5-12,16-17,22,27H,1,4,13-15H2,2H3,(H,29,30)/t16-,17-,22+,26-/m1/s1. The van der Waals surface area contributed by atoms with E-state index in [0.29, 0.717) is 25.3 Å². The summed E-state index contributed by atoms with van der Waals surface area (Å²) in [5.74, 6) is -0.174. The molecule has 2 fully saturated rings. The number of amides is 1. The van der Waals surface area contributed by atoms with Crippen LogP contribution < -0.4 is 15.4 Å². The molecule has 1 aromatic heterocycles. The van der Waals surface area contributed by atoms with Crippen molar-refractivity contribution in [1.29, 1.82) is 0 Å². The zero-order chi connectivity index (χ0) is 23.0. The first-order valence-corrected chi connectivity index (χ1v) is 11.3. The first-order chi connectivity index (χ1) is 16.1. The largest absolute Gasteiger partial charge is 0.472 e. The zero-order valence-electron chi connectivity index (χ0n) is 18.5. The van der Waals surface area contributed by atoms with Crippen molar-refractivity contribution < 1.29 is 19.1 Å². The number of esters is 1. The SMILES string of the molecule is C=C[C@@H]1C[C@]1(NC(=O)[C@@H]1C[C@@H](Oc2nc3ccccc3c3ccccc23)CN1)C(=O)OCC. The molecule has 0 unspecified atom stereocenters. The molecule has 4 atom stereocenters. The van der Waals surface area contributed by atoms with Crippen molar-refractivity contribution in [1.82, 2.24) is 15.6 Å². The van der Waals surface area contributed by atoms with Crippen LogP contribution in [0.3, 0.4) is 0 Å². The van der Waals surface area contributed by atoms with Gasteiger partial charge in [-0.1, -0.05) is 42.5 Å². The van der Waals surface area contributed by atoms with Crippen molar-refractivity contribution in [2.75, 3.05) is 13.2 Å². The van der Waals surface area contributed by atoms with Crippen LogP contribution in [0.4, 0.5) is 0 Å². The Morgan fingerprint density at radius 2 is 1.91 bits per heavy atom. The van der Waals surface area contributed by atoms with Crippen LogP contribution in [0.25, 0.3) is 21.7 Å². The number of carbonyl (C=O) groups excluding carboxylic acids is 2. The monoisotopic (exact) mass is 445 g/mol. The Morgan fingerprint density at radius 3 is 2.64 bits per heavy atom. The Kier molecular flexibility index (Phi) is 5.50. The summed E-state index contributed by atoms with van der Waals surface area (Å²) in [7, 11) is 0. The first-order valence-electron chi connectivity index (χ1n) is 11.3. The maximum absolute atomic E-state index is 13.0. The van der Waals surface area contributed by atoms with Crippen molar-refractivity contribution in [3.05, 3.63) is 61.2 Å². The van der Waals surface area contributed by atoms with E-state index < -0.39 is 17.6 Å². The Balaban J connectivity index is 1.31. The minimum atomic E-state index is -0.994. The summed E-state index contributed by atoms with van der Waals surface area (Å²) >= 11 is 0. The van der Waals surface area contributed by atoms with Crippen molar-refractivity contribution in [3.8, 4) is 5.88 Å². The van der Waals surface area contributed by atoms with Gasteiger partial charge in [0.25, 0.3) is 0 Å². The van der Waals surface area contributed by atoms with E-state index in [1.807, 2.05) is 36.4 Å². The van der Waals surface area contributed by atoms with E-state index in [4.69, 9.17) is 14.5 Å². The van der Waals surface area contributed by atoms with E-state index in [0.717, 1.165) is 21.7 Å². The average Bonchev–Trinajstić information content (AvgIpc) is 3.35. The van der Waals surface area contributed by atoms with Gasteiger partial charge in [-0.05, 0) is 30.9 Å². The molecule has 1 aliphatic carbocycles. The number of para-hydroxylation sites is 1. The van der Waals surface area contributed by atoms with Gasteiger partial charge in [0, 0.05) is 29.7 Å². The molecule has 2 aliphatic rings. The lowest BCUT2D eigenvalue weighted by Crippen LogP contribution is -2.51. The Hall–Kier alpha value is -3.45. The number of ether oxygens (including phenoxy) is 2. The molecule has 1 aliphatic heterocycles. The second-order valence-electron chi connectivity index (χ2n) is 8.64. The number of nitrogens with one attached hydrogen (secondary N) is 2. The number of nitrogens with zero attached hydrogens (tertiary/aromatic N) is 1. The van der Waals surface area contributed by atoms with Crippen molar-refractivity contribution in [3.63, 3.8) is 0 Å². The van der Waals surface area contributed by atoms with Gasteiger partial charge in [0.2, 0.25) is 11.8 Å². The van der Waals surface area contributed by atoms with Crippen molar-refractivity contribution in [2.45, 2.75) is 37.5 Å². The number of hydrogen-bond acceptors (Lipinski definition) is 6. The fourth-order valence-electron chi connectivity index (χ4n) is 4.68. The van der Waals surface area contributed by atoms with Gasteiger partial charge >= 0.3 is 5.97 Å². The summed E-state index contributed by atoms with van der Waals surface area (Å²) in [4.78, 5) is 30.2. The van der Waals surface area contributed by atoms with Gasteiger partial charge < -0.3 is 20.1 Å². The number of fused-ring (bicyclic) bond motifs is 3. The molecule has 33 heavy (non-hydrogen) atoms. The molecule has 5 rings (SSSR count). The van der Waals surface area contributed by atoms with Gasteiger partial charge in [-0.15, -0.1) is 6.58 Å². The Labute approximate surface area is 192 Å². The summed E-state index contributed by atoms with van der Waals surface area (Å²) in [6.07, 6.45) is 2.47. The van der Waals surface area contributed by atoms with Gasteiger partial charge in [-0.2, -0.15) is 0 Å². The average molecular weight is 446 g/mol. The van der Waals surface area contributed by atoms with Crippen LogP contribution in [0.15, 0.2) is 61.2 Å². The number of benzene rings is 2. The van der Waals surface area contributed by atoms with Crippen molar-refractivity contribution in [2.24, 2.45) is 5.92 Å². The van der Waals surface area contributed by atoms with Crippen LogP contribution >= 0.6 is 0 Å². The van der Waals surface area contributed by atoms with Crippen LogP contribution in [0.5, 0.6) is 5.88 Å². The number of carbonyl (C=O) groups is 2. The van der Waals surface area contributed by atoms with E-state index in [1.54, 1.807) is 13.0 Å². The van der Waals surface area contributed by atoms with Crippen molar-refractivity contribution >= 4 is 33.6 Å². The molecule has 0 bridgehead atoms. The second-order valence-corrected chi connectivity index (χ2v) is 8.64. The molecule has 1 amide bonds. The van der Waals surface area contributed by atoms with Crippen LogP contribution in [0.1, 0.15) is 19.8 Å². The van der Waals surface area contributed by atoms with E-state index >= 15 is 0 Å². The molecule has 1 saturated heterocycles. The minimum Gasteiger partial charge on any atom is -0.472 e. The molecule has 0 spiro atoms. The van der Waals surface area contributed by atoms with Gasteiger partial charge in [0.15, 0.2) is 0 Å². The minimum absolute atomic E-state index is 0.109. The summed E-state index contributed by atoms with van der Waals surface area (Å²) in [5.41, 5.74) is -0.127. The third-order valence-corrected chi connectivity index (χ3v) is 6.54. The van der Waals surface area contributed by atoms with Crippen LogP contribution in [-0.2, 0) is 14.3 Å². The molecule has 1 saturated carbocycles. The molecule has 170 valence electrons.